The minimum absolute atomic E-state index is 0. The third-order valence-electron chi connectivity index (χ3n) is 2.73. The van der Waals surface area contributed by atoms with Gasteiger partial charge in [-0.25, -0.2) is 13.8 Å². The first-order valence-electron chi connectivity index (χ1n) is 5.60. The Morgan fingerprint density at radius 1 is 1.05 bits per heavy atom. The number of hydrogen-bond acceptors (Lipinski definition) is 2. The number of para-hydroxylation sites is 1. The maximum absolute atomic E-state index is 13.1. The van der Waals surface area contributed by atoms with E-state index in [1.807, 2.05) is 0 Å². The summed E-state index contributed by atoms with van der Waals surface area (Å²) in [5.41, 5.74) is 1.14. The Bertz CT molecular complexity index is 745. The highest BCUT2D eigenvalue weighted by atomic mass is 35.5. The van der Waals surface area contributed by atoms with Crippen LogP contribution in [0.25, 0.3) is 11.0 Å². The van der Waals surface area contributed by atoms with Gasteiger partial charge in [0, 0.05) is 12.1 Å². The molecule has 0 aliphatic carbocycles. The molecule has 110 valence electrons. The van der Waals surface area contributed by atoms with Crippen LogP contribution >= 0.6 is 35.6 Å². The number of nitrogens with one attached hydrogen (secondary N) is 2. The first-order chi connectivity index (χ1) is 9.54. The number of H-pyrrole nitrogens is 1. The number of benzene rings is 2. The first kappa shape index (κ1) is 15.8. The van der Waals surface area contributed by atoms with Crippen molar-refractivity contribution in [3.8, 4) is 0 Å². The summed E-state index contributed by atoms with van der Waals surface area (Å²) in [6.45, 7) is 0. The van der Waals surface area contributed by atoms with Gasteiger partial charge in [0.15, 0.2) is 11.6 Å². The fraction of sp³-hybridized carbons (Fsp3) is 0. The monoisotopic (exact) mass is 349 g/mol. The summed E-state index contributed by atoms with van der Waals surface area (Å²) in [7, 11) is 0. The van der Waals surface area contributed by atoms with Gasteiger partial charge in [-0.15, -0.1) is 12.4 Å². The van der Waals surface area contributed by atoms with Crippen molar-refractivity contribution in [3.63, 3.8) is 0 Å². The molecule has 1 aromatic heterocycles. The van der Waals surface area contributed by atoms with Crippen molar-refractivity contribution >= 4 is 58.3 Å². The highest BCUT2D eigenvalue weighted by Gasteiger charge is 2.11. The normalized spacial score (nSPS) is 10.5. The summed E-state index contributed by atoms with van der Waals surface area (Å²) in [6, 6.07) is 7.09. The molecule has 2 aromatic carbocycles. The molecule has 21 heavy (non-hydrogen) atoms. The molecular weight excluding hydrogens is 343 g/mol. The van der Waals surface area contributed by atoms with E-state index in [-0.39, 0.29) is 12.4 Å². The third kappa shape index (κ3) is 3.05. The minimum Gasteiger partial charge on any atom is -0.324 e. The Labute approximate surface area is 134 Å². The van der Waals surface area contributed by atoms with Crippen molar-refractivity contribution < 1.29 is 8.78 Å². The molecule has 0 aliphatic rings. The fourth-order valence-electron chi connectivity index (χ4n) is 1.80. The van der Waals surface area contributed by atoms with Crippen LogP contribution in [0.2, 0.25) is 10.0 Å². The predicted molar refractivity (Wildman–Crippen MR) is 83.0 cm³/mol. The molecule has 3 rings (SSSR count). The lowest BCUT2D eigenvalue weighted by Gasteiger charge is -2.06. The van der Waals surface area contributed by atoms with Crippen LogP contribution in [0.5, 0.6) is 0 Å². The third-order valence-corrected chi connectivity index (χ3v) is 3.36. The van der Waals surface area contributed by atoms with Crippen molar-refractivity contribution in [2.45, 2.75) is 0 Å². The summed E-state index contributed by atoms with van der Waals surface area (Å²) in [6.07, 6.45) is 0. The summed E-state index contributed by atoms with van der Waals surface area (Å²) in [4.78, 5) is 6.92. The Hall–Kier alpha value is -1.56. The molecule has 8 heteroatoms. The lowest BCUT2D eigenvalue weighted by Crippen LogP contribution is -1.93. The maximum atomic E-state index is 13.1. The molecule has 0 fully saturated rings. The van der Waals surface area contributed by atoms with Crippen LogP contribution in [0.4, 0.5) is 20.4 Å². The van der Waals surface area contributed by atoms with Crippen molar-refractivity contribution in [1.29, 1.82) is 0 Å². The van der Waals surface area contributed by atoms with E-state index in [2.05, 4.69) is 15.3 Å². The largest absolute Gasteiger partial charge is 0.324 e. The fourth-order valence-corrected chi connectivity index (χ4v) is 2.29. The van der Waals surface area contributed by atoms with E-state index in [0.29, 0.717) is 32.7 Å². The van der Waals surface area contributed by atoms with Gasteiger partial charge in [0.05, 0.1) is 26.8 Å². The van der Waals surface area contributed by atoms with E-state index >= 15 is 0 Å². The van der Waals surface area contributed by atoms with E-state index in [4.69, 9.17) is 23.2 Å². The molecule has 0 saturated heterocycles. The lowest BCUT2D eigenvalue weighted by atomic mass is 10.3. The smallest absolute Gasteiger partial charge is 0.205 e. The van der Waals surface area contributed by atoms with E-state index in [1.54, 1.807) is 18.2 Å². The number of rotatable bonds is 2. The van der Waals surface area contributed by atoms with Gasteiger partial charge in [0.25, 0.3) is 0 Å². The van der Waals surface area contributed by atoms with Crippen molar-refractivity contribution in [1.82, 2.24) is 9.97 Å². The number of halogens is 5. The van der Waals surface area contributed by atoms with Gasteiger partial charge in [-0.3, -0.25) is 0 Å². The summed E-state index contributed by atoms with van der Waals surface area (Å²) in [5, 5.41) is 3.72. The summed E-state index contributed by atoms with van der Waals surface area (Å²) < 4.78 is 26.2. The molecule has 1 heterocycles. The van der Waals surface area contributed by atoms with Gasteiger partial charge >= 0.3 is 0 Å². The number of fused-ring (bicyclic) bond motifs is 1. The van der Waals surface area contributed by atoms with Gasteiger partial charge in [0.1, 0.15) is 0 Å². The number of anilines is 2. The van der Waals surface area contributed by atoms with Gasteiger partial charge < -0.3 is 10.3 Å². The quantitative estimate of drug-likeness (QED) is 0.657. The molecule has 0 radical (unpaired) electrons. The SMILES string of the molecule is Cl.Fc1cc2nc(Nc3c(Cl)cccc3Cl)[nH]c2cc1F. The summed E-state index contributed by atoms with van der Waals surface area (Å²) in [5.74, 6) is -1.60. The predicted octanol–water partition coefficient (Wildman–Crippen LogP) is 5.31. The molecule has 3 aromatic rings. The molecule has 3 nitrogen and oxygen atoms in total. The topological polar surface area (TPSA) is 40.7 Å². The molecule has 0 bridgehead atoms. The number of hydrogen-bond donors (Lipinski definition) is 2. The lowest BCUT2D eigenvalue weighted by molar-refractivity contribution is 0.510. The van der Waals surface area contributed by atoms with E-state index in [0.717, 1.165) is 12.1 Å². The van der Waals surface area contributed by atoms with Crippen molar-refractivity contribution in [2.75, 3.05) is 5.32 Å². The van der Waals surface area contributed by atoms with Gasteiger partial charge in [-0.1, -0.05) is 29.3 Å². The van der Waals surface area contributed by atoms with Crippen LogP contribution in [0, 0.1) is 11.6 Å². The highest BCUT2D eigenvalue weighted by molar-refractivity contribution is 6.39. The van der Waals surface area contributed by atoms with Gasteiger partial charge in [-0.05, 0) is 12.1 Å². The van der Waals surface area contributed by atoms with E-state index < -0.39 is 11.6 Å². The molecule has 0 saturated carbocycles. The number of nitrogens with zero attached hydrogens (tertiary/aromatic N) is 1. The standard InChI is InChI=1S/C13H7Cl2F2N3.ClH/c14-6-2-1-3-7(15)12(6)20-13-18-10-4-8(16)9(17)5-11(10)19-13;/h1-5H,(H2,18,19,20);1H. The Kier molecular flexibility index (Phi) is 4.56. The molecule has 0 unspecified atom stereocenters. The Morgan fingerprint density at radius 3 is 2.33 bits per heavy atom. The minimum atomic E-state index is -0.952. The van der Waals surface area contributed by atoms with Crippen molar-refractivity contribution in [2.24, 2.45) is 0 Å². The zero-order chi connectivity index (χ0) is 14.3. The second kappa shape index (κ2) is 6.05. The molecule has 0 amide bonds. The van der Waals surface area contributed by atoms with Crippen LogP contribution < -0.4 is 5.32 Å². The molecular formula is C13H8Cl3F2N3. The zero-order valence-corrected chi connectivity index (χ0v) is 12.6. The number of aromatic amines is 1. The summed E-state index contributed by atoms with van der Waals surface area (Å²) >= 11 is 12.0. The van der Waals surface area contributed by atoms with E-state index in [9.17, 15) is 8.78 Å². The molecule has 2 N–H and O–H groups in total. The number of aromatic nitrogens is 2. The first-order valence-corrected chi connectivity index (χ1v) is 6.36. The van der Waals surface area contributed by atoms with Crippen LogP contribution in [-0.4, -0.2) is 9.97 Å². The van der Waals surface area contributed by atoms with Crippen LogP contribution in [0.15, 0.2) is 30.3 Å². The molecule has 0 spiro atoms. The van der Waals surface area contributed by atoms with Crippen LogP contribution in [0.3, 0.4) is 0 Å². The average molecular weight is 351 g/mol. The van der Waals surface area contributed by atoms with Gasteiger partial charge in [-0.2, -0.15) is 0 Å². The second-order valence-corrected chi connectivity index (χ2v) is 4.90. The Balaban J connectivity index is 0.00000161. The second-order valence-electron chi connectivity index (χ2n) is 4.09. The molecule has 0 atom stereocenters. The maximum Gasteiger partial charge on any atom is 0.205 e. The average Bonchev–Trinajstić information content (AvgIpc) is 2.76. The zero-order valence-electron chi connectivity index (χ0n) is 10.3. The van der Waals surface area contributed by atoms with Crippen molar-refractivity contribution in [3.05, 3.63) is 52.0 Å². The highest BCUT2D eigenvalue weighted by Crippen LogP contribution is 2.32. The number of imidazole rings is 1. The van der Waals surface area contributed by atoms with E-state index in [1.165, 1.54) is 0 Å². The molecule has 0 aliphatic heterocycles. The van der Waals surface area contributed by atoms with Gasteiger partial charge in [0.2, 0.25) is 5.95 Å². The van der Waals surface area contributed by atoms with Crippen LogP contribution in [-0.2, 0) is 0 Å². The Morgan fingerprint density at radius 2 is 1.67 bits per heavy atom. The van der Waals surface area contributed by atoms with Crippen LogP contribution in [0.1, 0.15) is 0 Å².